The summed E-state index contributed by atoms with van der Waals surface area (Å²) in [6.07, 6.45) is 1.88. The Labute approximate surface area is 123 Å². The second kappa shape index (κ2) is 6.74. The molecule has 0 amide bonds. The van der Waals surface area contributed by atoms with Crippen molar-refractivity contribution >= 4 is 0 Å². The van der Waals surface area contributed by atoms with Gasteiger partial charge in [0.2, 0.25) is 0 Å². The van der Waals surface area contributed by atoms with Crippen LogP contribution >= 0.6 is 0 Å². The summed E-state index contributed by atoms with van der Waals surface area (Å²) >= 11 is 0. The number of hydrogen-bond acceptors (Lipinski definition) is 4. The van der Waals surface area contributed by atoms with Crippen LogP contribution in [0.5, 0.6) is 0 Å². The molecule has 1 aromatic heterocycles. The van der Waals surface area contributed by atoms with Gasteiger partial charge in [0.15, 0.2) is 0 Å². The van der Waals surface area contributed by atoms with Crippen molar-refractivity contribution in [3.63, 3.8) is 0 Å². The van der Waals surface area contributed by atoms with Crippen LogP contribution in [-0.2, 0) is 13.1 Å². The summed E-state index contributed by atoms with van der Waals surface area (Å²) in [4.78, 5) is 4.83. The third-order valence-corrected chi connectivity index (χ3v) is 4.11. The number of likely N-dealkylation sites (N-methyl/N-ethyl adjacent to an activating group) is 1. The molecule has 2 atom stereocenters. The van der Waals surface area contributed by atoms with Gasteiger partial charge in [-0.2, -0.15) is 0 Å². The van der Waals surface area contributed by atoms with Crippen molar-refractivity contribution in [2.24, 2.45) is 5.92 Å². The summed E-state index contributed by atoms with van der Waals surface area (Å²) in [6, 6.07) is 3.35. The van der Waals surface area contributed by atoms with E-state index in [1.807, 2.05) is 6.26 Å². The predicted octanol–water partition coefficient (Wildman–Crippen LogP) is 2.16. The summed E-state index contributed by atoms with van der Waals surface area (Å²) in [5.41, 5.74) is 1.24. The average molecular weight is 279 g/mol. The first-order valence-corrected chi connectivity index (χ1v) is 7.64. The van der Waals surface area contributed by atoms with Crippen LogP contribution < -0.4 is 5.32 Å². The molecule has 0 bridgehead atoms. The molecule has 1 N–H and O–H groups in total. The molecule has 2 heterocycles. The van der Waals surface area contributed by atoms with Crippen LogP contribution in [0.3, 0.4) is 0 Å². The van der Waals surface area contributed by atoms with Crippen LogP contribution in [0.4, 0.5) is 0 Å². The van der Waals surface area contributed by atoms with Gasteiger partial charge in [0, 0.05) is 37.3 Å². The minimum atomic E-state index is 0.508. The molecule has 4 heteroatoms. The average Bonchev–Trinajstić information content (AvgIpc) is 2.94. The number of nitrogens with zero attached hydrogens (tertiary/aromatic N) is 2. The Hall–Kier alpha value is -0.840. The molecule has 114 valence electrons. The third kappa shape index (κ3) is 4.08. The fourth-order valence-electron chi connectivity index (χ4n) is 2.99. The maximum atomic E-state index is 5.69. The minimum Gasteiger partial charge on any atom is -0.468 e. The molecular weight excluding hydrogens is 250 g/mol. The van der Waals surface area contributed by atoms with Gasteiger partial charge >= 0.3 is 0 Å². The van der Waals surface area contributed by atoms with Crippen molar-refractivity contribution in [3.8, 4) is 0 Å². The van der Waals surface area contributed by atoms with Crippen molar-refractivity contribution in [2.45, 2.75) is 45.9 Å². The van der Waals surface area contributed by atoms with Crippen LogP contribution in [0, 0.1) is 5.92 Å². The van der Waals surface area contributed by atoms with E-state index in [0.717, 1.165) is 37.9 Å². The molecule has 2 rings (SSSR count). The number of rotatable bonds is 6. The molecule has 0 radical (unpaired) electrons. The molecule has 0 aliphatic carbocycles. The van der Waals surface area contributed by atoms with Crippen LogP contribution in [0.1, 0.15) is 32.1 Å². The van der Waals surface area contributed by atoms with E-state index in [0.29, 0.717) is 12.1 Å². The lowest BCUT2D eigenvalue weighted by molar-refractivity contribution is 0.244. The third-order valence-electron chi connectivity index (χ3n) is 4.11. The lowest BCUT2D eigenvalue weighted by Crippen LogP contribution is -2.34. The second-order valence-electron chi connectivity index (χ2n) is 6.66. The van der Waals surface area contributed by atoms with Gasteiger partial charge in [0.25, 0.3) is 0 Å². The lowest BCUT2D eigenvalue weighted by atomic mass is 10.1. The van der Waals surface area contributed by atoms with Crippen molar-refractivity contribution in [1.82, 2.24) is 15.1 Å². The van der Waals surface area contributed by atoms with Crippen LogP contribution in [0.25, 0.3) is 0 Å². The van der Waals surface area contributed by atoms with Crippen molar-refractivity contribution in [3.05, 3.63) is 23.7 Å². The highest BCUT2D eigenvalue weighted by molar-refractivity contribution is 5.13. The number of nitrogens with one attached hydrogen (secondary N) is 1. The maximum absolute atomic E-state index is 5.69. The van der Waals surface area contributed by atoms with Gasteiger partial charge in [0.1, 0.15) is 5.76 Å². The molecule has 0 aromatic carbocycles. The van der Waals surface area contributed by atoms with E-state index >= 15 is 0 Å². The van der Waals surface area contributed by atoms with Gasteiger partial charge in [-0.05, 0) is 26.1 Å². The minimum absolute atomic E-state index is 0.508. The highest BCUT2D eigenvalue weighted by atomic mass is 16.3. The van der Waals surface area contributed by atoms with E-state index in [1.165, 1.54) is 5.56 Å². The molecular formula is C16H29N3O. The monoisotopic (exact) mass is 279 g/mol. The molecule has 1 aliphatic heterocycles. The smallest absolute Gasteiger partial charge is 0.118 e. The van der Waals surface area contributed by atoms with Crippen LogP contribution in [0.2, 0.25) is 0 Å². The maximum Gasteiger partial charge on any atom is 0.118 e. The van der Waals surface area contributed by atoms with Crippen LogP contribution in [-0.4, -0.2) is 49.1 Å². The van der Waals surface area contributed by atoms with E-state index < -0.39 is 0 Å². The van der Waals surface area contributed by atoms with Gasteiger partial charge in [-0.1, -0.05) is 20.8 Å². The molecule has 0 spiro atoms. The van der Waals surface area contributed by atoms with Gasteiger partial charge < -0.3 is 14.6 Å². The predicted molar refractivity (Wildman–Crippen MR) is 82.6 cm³/mol. The molecule has 1 aromatic rings. The Kier molecular flexibility index (Phi) is 5.24. The zero-order chi connectivity index (χ0) is 14.7. The van der Waals surface area contributed by atoms with Gasteiger partial charge in [0.05, 0.1) is 12.8 Å². The van der Waals surface area contributed by atoms with Crippen molar-refractivity contribution in [1.29, 1.82) is 0 Å². The molecule has 2 unspecified atom stereocenters. The number of hydrogen-bond donors (Lipinski definition) is 1. The normalized spacial score (nSPS) is 24.1. The van der Waals surface area contributed by atoms with Crippen molar-refractivity contribution in [2.75, 3.05) is 27.2 Å². The van der Waals surface area contributed by atoms with E-state index in [-0.39, 0.29) is 0 Å². The van der Waals surface area contributed by atoms with E-state index in [4.69, 9.17) is 4.42 Å². The largest absolute Gasteiger partial charge is 0.468 e. The first-order chi connectivity index (χ1) is 9.45. The zero-order valence-electron chi connectivity index (χ0n) is 13.5. The number of likely N-dealkylation sites (tertiary alicyclic amines) is 1. The molecule has 4 nitrogen and oxygen atoms in total. The summed E-state index contributed by atoms with van der Waals surface area (Å²) < 4.78 is 5.69. The Balaban J connectivity index is 1.85. The fourth-order valence-corrected chi connectivity index (χ4v) is 2.99. The molecule has 1 aliphatic rings. The first-order valence-electron chi connectivity index (χ1n) is 7.64. The zero-order valence-corrected chi connectivity index (χ0v) is 13.5. The summed E-state index contributed by atoms with van der Waals surface area (Å²) in [5, 5.41) is 3.42. The molecule has 1 saturated heterocycles. The number of furan rings is 1. The molecule has 20 heavy (non-hydrogen) atoms. The van der Waals surface area contributed by atoms with E-state index in [9.17, 15) is 0 Å². The Morgan fingerprint density at radius 3 is 2.75 bits per heavy atom. The Morgan fingerprint density at radius 2 is 2.15 bits per heavy atom. The summed E-state index contributed by atoms with van der Waals surface area (Å²) in [7, 11) is 4.35. The standard InChI is InChI=1S/C16H29N3O/c1-12(2)17-7-14-6-15(20-11-14)9-19-8-13(3)16(10-19)18(4)5/h6,11-13,16-17H,7-10H2,1-5H3. The molecule has 0 saturated carbocycles. The van der Waals surface area contributed by atoms with Gasteiger partial charge in [-0.25, -0.2) is 0 Å². The van der Waals surface area contributed by atoms with Gasteiger partial charge in [-0.15, -0.1) is 0 Å². The van der Waals surface area contributed by atoms with Crippen molar-refractivity contribution < 1.29 is 4.42 Å². The second-order valence-corrected chi connectivity index (χ2v) is 6.66. The van der Waals surface area contributed by atoms with Crippen LogP contribution in [0.15, 0.2) is 16.7 Å². The summed E-state index contributed by atoms with van der Waals surface area (Å²) in [5.74, 6) is 1.80. The lowest BCUT2D eigenvalue weighted by Gasteiger charge is -2.22. The molecule has 1 fully saturated rings. The quantitative estimate of drug-likeness (QED) is 0.865. The first kappa shape index (κ1) is 15.5. The summed E-state index contributed by atoms with van der Waals surface area (Å²) in [6.45, 7) is 10.8. The Morgan fingerprint density at radius 1 is 1.40 bits per heavy atom. The van der Waals surface area contributed by atoms with E-state index in [2.05, 4.69) is 56.0 Å². The van der Waals surface area contributed by atoms with E-state index in [1.54, 1.807) is 0 Å². The Bertz CT molecular complexity index is 414. The SMILES string of the molecule is CC(C)NCc1coc(CN2CC(C)C(N(C)C)C2)c1. The highest BCUT2D eigenvalue weighted by Crippen LogP contribution is 2.22. The topological polar surface area (TPSA) is 31.7 Å². The van der Waals surface area contributed by atoms with Gasteiger partial charge in [-0.3, -0.25) is 4.90 Å². The fraction of sp³-hybridized carbons (Fsp3) is 0.750. The highest BCUT2D eigenvalue weighted by Gasteiger charge is 2.31.